The van der Waals surface area contributed by atoms with E-state index < -0.39 is 0 Å². The van der Waals surface area contributed by atoms with Gasteiger partial charge in [-0.05, 0) is 142 Å². The molecule has 8 nitrogen and oxygen atoms in total. The van der Waals surface area contributed by atoms with Gasteiger partial charge in [-0.1, -0.05) is 315 Å². The fourth-order valence-electron chi connectivity index (χ4n) is 16.6. The topological polar surface area (TPSA) is 71.3 Å². The van der Waals surface area contributed by atoms with Crippen molar-refractivity contribution in [3.63, 3.8) is 0 Å². The lowest BCUT2D eigenvalue weighted by atomic mass is 10.0. The van der Waals surface area contributed by atoms with E-state index in [1.807, 2.05) is 24.3 Å². The molecule has 6 aromatic heterocycles. The van der Waals surface area contributed by atoms with Crippen molar-refractivity contribution in [3.8, 4) is 113 Å². The van der Waals surface area contributed by atoms with Crippen LogP contribution in [0.2, 0.25) is 0 Å². The van der Waals surface area contributed by atoms with Gasteiger partial charge in [-0.25, -0.2) is 19.9 Å². The second-order valence-electron chi connectivity index (χ2n) is 28.5. The van der Waals surface area contributed by atoms with Crippen molar-refractivity contribution >= 4 is 87.2 Å². The Morgan fingerprint density at radius 2 is 0.357 bits per heavy atom. The second kappa shape index (κ2) is 27.6. The zero-order valence-corrected chi connectivity index (χ0v) is 60.8. The monoisotopic (exact) mass is 1430 g/mol. The van der Waals surface area contributed by atoms with Crippen LogP contribution in [0, 0.1) is 0 Å². The van der Waals surface area contributed by atoms with Gasteiger partial charge >= 0.3 is 0 Å². The maximum Gasteiger partial charge on any atom is 0.235 e. The Hall–Kier alpha value is -15.1. The normalized spacial score (nSPS) is 11.6. The van der Waals surface area contributed by atoms with Crippen LogP contribution in [0.15, 0.2) is 413 Å². The zero-order chi connectivity index (χ0) is 74.0. The summed E-state index contributed by atoms with van der Waals surface area (Å²) in [6.07, 6.45) is 0. The van der Waals surface area contributed by atoms with Crippen LogP contribution in [0.4, 0.5) is 0 Å². The Labute approximate surface area is 646 Å². The third kappa shape index (κ3) is 11.6. The number of hydrogen-bond donors (Lipinski definition) is 0. The molecule has 0 saturated carbocycles. The number of rotatable bonds is 12. The fourth-order valence-corrected chi connectivity index (χ4v) is 16.6. The van der Waals surface area contributed by atoms with Crippen LogP contribution in [0.5, 0.6) is 0 Å². The summed E-state index contributed by atoms with van der Waals surface area (Å²) in [7, 11) is 0. The summed E-state index contributed by atoms with van der Waals surface area (Å²) in [6.45, 7) is 0. The average Bonchev–Trinajstić information content (AvgIpc) is 1.60. The maximum absolute atomic E-state index is 5.25. The van der Waals surface area contributed by atoms with Crippen molar-refractivity contribution in [1.82, 2.24) is 38.2 Å². The van der Waals surface area contributed by atoms with E-state index in [1.165, 1.54) is 76.6 Å². The van der Waals surface area contributed by atoms with E-state index in [9.17, 15) is 0 Å². The summed E-state index contributed by atoms with van der Waals surface area (Å²) in [6, 6.07) is 146. The molecule has 0 amide bonds. The number of hydrogen-bond acceptors (Lipinski definition) is 4. The van der Waals surface area contributed by atoms with Crippen LogP contribution in [0.3, 0.4) is 0 Å². The molecule has 6 heterocycles. The van der Waals surface area contributed by atoms with Gasteiger partial charge in [0.2, 0.25) is 11.9 Å². The van der Waals surface area contributed by atoms with Crippen molar-refractivity contribution < 1.29 is 0 Å². The molecule has 0 aliphatic carbocycles. The molecule has 0 atom stereocenters. The fraction of sp³-hybridized carbons (Fsp3) is 0. The lowest BCUT2D eigenvalue weighted by molar-refractivity contribution is 0.995. The highest BCUT2D eigenvalue weighted by molar-refractivity contribution is 6.15. The Morgan fingerprint density at radius 3 is 0.679 bits per heavy atom. The van der Waals surface area contributed by atoms with E-state index >= 15 is 0 Å². The van der Waals surface area contributed by atoms with Crippen molar-refractivity contribution in [1.29, 1.82) is 0 Å². The van der Waals surface area contributed by atoms with Gasteiger partial charge in [0, 0.05) is 76.7 Å². The number of aromatic nitrogens is 8. The van der Waals surface area contributed by atoms with E-state index in [2.05, 4.69) is 407 Å². The molecule has 0 spiro atoms. The summed E-state index contributed by atoms with van der Waals surface area (Å²) >= 11 is 0. The zero-order valence-electron chi connectivity index (χ0n) is 60.8. The van der Waals surface area contributed by atoms with E-state index in [-0.39, 0.29) is 0 Å². The Bertz CT molecular complexity index is 6760. The Balaban J connectivity index is 0.000000141. The van der Waals surface area contributed by atoms with E-state index in [0.29, 0.717) is 11.9 Å². The van der Waals surface area contributed by atoms with Gasteiger partial charge in [-0.15, -0.1) is 0 Å². The van der Waals surface area contributed by atoms with Gasteiger partial charge < -0.3 is 9.13 Å². The minimum Gasteiger partial charge on any atom is -0.309 e. The summed E-state index contributed by atoms with van der Waals surface area (Å²) in [5.41, 5.74) is 28.4. The van der Waals surface area contributed by atoms with Crippen molar-refractivity contribution in [2.45, 2.75) is 0 Å². The summed E-state index contributed by atoms with van der Waals surface area (Å²) < 4.78 is 9.23. The number of benzene rings is 16. The highest BCUT2D eigenvalue weighted by Gasteiger charge is 2.23. The Morgan fingerprint density at radius 1 is 0.134 bits per heavy atom. The standard InChI is InChI=1S/2C52H34N4/c2*1-4-14-35(15-5-1)36-24-28-41(29-25-36)55-48-22-12-11-21-43(48)45-32-39(27-31-50(45)55)40-26-30-44-42-20-10-13-23-49(42)56(51(44)33-40)52-53-46(37-16-6-2-7-17-37)34-47(54-52)38-18-8-3-9-19-38/h2*1-34H. The molecule has 0 aliphatic rings. The maximum atomic E-state index is 5.25. The van der Waals surface area contributed by atoms with Crippen molar-refractivity contribution in [2.24, 2.45) is 0 Å². The highest BCUT2D eigenvalue weighted by Crippen LogP contribution is 2.43. The minimum absolute atomic E-state index is 0.644. The van der Waals surface area contributed by atoms with Crippen LogP contribution in [-0.2, 0) is 0 Å². The van der Waals surface area contributed by atoms with Gasteiger partial charge in [0.15, 0.2) is 0 Å². The molecular weight excluding hydrogens is 1360 g/mol. The number of para-hydroxylation sites is 4. The molecule has 0 bridgehead atoms. The van der Waals surface area contributed by atoms with Gasteiger partial charge in [-0.2, -0.15) is 0 Å². The first-order valence-corrected chi connectivity index (χ1v) is 38.0. The molecule has 0 unspecified atom stereocenters. The van der Waals surface area contributed by atoms with Crippen LogP contribution in [0.1, 0.15) is 0 Å². The predicted octanol–water partition coefficient (Wildman–Crippen LogP) is 26.7. The quantitative estimate of drug-likeness (QED) is 0.122. The van der Waals surface area contributed by atoms with Crippen LogP contribution < -0.4 is 0 Å². The average molecular weight is 1430 g/mol. The van der Waals surface area contributed by atoms with Gasteiger partial charge in [0.25, 0.3) is 0 Å². The molecule has 8 heteroatoms. The number of nitrogens with zero attached hydrogens (tertiary/aromatic N) is 8. The molecule has 0 saturated heterocycles. The smallest absolute Gasteiger partial charge is 0.235 e. The summed E-state index contributed by atoms with van der Waals surface area (Å²) in [5.74, 6) is 1.29. The molecule has 524 valence electrons. The molecule has 0 radical (unpaired) electrons. The SMILES string of the molecule is c1ccc(-c2ccc(-n3c4ccccc4c4cc(-c5ccc6c7ccccc7n(-c7nc(-c8ccccc8)cc(-c8ccccc8)n7)c6c5)ccc43)cc2)cc1.c1ccc(-c2ccc(-n3c4ccccc4c4cc(-c5ccc6c7ccccc7n(-c7nc(-c8ccccc8)cc(-c8ccccc8)n7)c6c5)ccc43)cc2)cc1. The first-order chi connectivity index (χ1) is 55.5. The third-order valence-corrected chi connectivity index (χ3v) is 21.9. The Kier molecular flexibility index (Phi) is 16.1. The van der Waals surface area contributed by atoms with Gasteiger partial charge in [-0.3, -0.25) is 9.13 Å². The molecule has 22 rings (SSSR count). The molecular formula is C104H68N8. The van der Waals surface area contributed by atoms with E-state index in [4.69, 9.17) is 19.9 Å². The van der Waals surface area contributed by atoms with Crippen LogP contribution in [0.25, 0.3) is 200 Å². The first kappa shape index (κ1) is 65.2. The molecule has 112 heavy (non-hydrogen) atoms. The highest BCUT2D eigenvalue weighted by atomic mass is 15.2. The third-order valence-electron chi connectivity index (χ3n) is 21.9. The van der Waals surface area contributed by atoms with Crippen LogP contribution >= 0.6 is 0 Å². The molecule has 22 aromatic rings. The lowest BCUT2D eigenvalue weighted by Crippen LogP contribution is -2.04. The second-order valence-corrected chi connectivity index (χ2v) is 28.5. The molecule has 16 aromatic carbocycles. The predicted molar refractivity (Wildman–Crippen MR) is 465 cm³/mol. The molecule has 0 fully saturated rings. The number of fused-ring (bicyclic) bond motifs is 12. The molecule has 0 N–H and O–H groups in total. The van der Waals surface area contributed by atoms with E-state index in [1.54, 1.807) is 0 Å². The van der Waals surface area contributed by atoms with Gasteiger partial charge in [0.05, 0.1) is 66.9 Å². The van der Waals surface area contributed by atoms with Crippen molar-refractivity contribution in [2.75, 3.05) is 0 Å². The van der Waals surface area contributed by atoms with Crippen molar-refractivity contribution in [3.05, 3.63) is 413 Å². The van der Waals surface area contributed by atoms with Crippen LogP contribution in [-0.4, -0.2) is 38.2 Å². The molecule has 0 aliphatic heterocycles. The summed E-state index contributed by atoms with van der Waals surface area (Å²) in [4.78, 5) is 21.0. The summed E-state index contributed by atoms with van der Waals surface area (Å²) in [5, 5.41) is 9.56. The van der Waals surface area contributed by atoms with Gasteiger partial charge in [0.1, 0.15) is 0 Å². The van der Waals surface area contributed by atoms with E-state index in [0.717, 1.165) is 111 Å². The minimum atomic E-state index is 0.644. The lowest BCUT2D eigenvalue weighted by Gasteiger charge is -2.12. The first-order valence-electron chi connectivity index (χ1n) is 38.0. The largest absolute Gasteiger partial charge is 0.309 e.